The van der Waals surface area contributed by atoms with Gasteiger partial charge in [0.2, 0.25) is 0 Å². The lowest BCUT2D eigenvalue weighted by Gasteiger charge is -2.26. The van der Waals surface area contributed by atoms with Crippen molar-refractivity contribution in [3.8, 4) is 11.4 Å². The van der Waals surface area contributed by atoms with Gasteiger partial charge >= 0.3 is 17.7 Å². The van der Waals surface area contributed by atoms with Gasteiger partial charge in [-0.2, -0.15) is 21.6 Å². The van der Waals surface area contributed by atoms with E-state index in [0.29, 0.717) is 36.1 Å². The molecule has 0 radical (unpaired) electrons. The minimum Gasteiger partial charge on any atom is -0.494 e. The van der Waals surface area contributed by atoms with E-state index in [2.05, 4.69) is 22.5 Å². The number of carbonyl (C=O) groups excluding carboxylic acids is 1. The van der Waals surface area contributed by atoms with E-state index in [1.807, 2.05) is 6.92 Å². The number of halogens is 4. The molecular formula is C25H34ClF3N4O4S. The molecule has 2 N–H and O–H groups in total. The number of carbonyl (C=O) groups is 1. The number of rotatable bonds is 9. The third kappa shape index (κ3) is 8.45. The second kappa shape index (κ2) is 14.5. The Labute approximate surface area is 229 Å². The van der Waals surface area contributed by atoms with Gasteiger partial charge in [-0.1, -0.05) is 38.3 Å². The lowest BCUT2D eigenvalue weighted by Crippen LogP contribution is -2.33. The normalized spacial score (nSPS) is 18.1. The van der Waals surface area contributed by atoms with Crippen LogP contribution in [0, 0.1) is 11.8 Å². The molecule has 1 fully saturated rings. The Morgan fingerprint density at radius 2 is 1.89 bits per heavy atom. The summed E-state index contributed by atoms with van der Waals surface area (Å²) in [6.45, 7) is 5.87. The fourth-order valence-electron chi connectivity index (χ4n) is 4.36. The van der Waals surface area contributed by atoms with Gasteiger partial charge in [0.25, 0.3) is 5.91 Å². The fraction of sp³-hybridized carbons (Fsp3) is 0.600. The molecule has 1 amide bonds. The number of ether oxygens (including phenoxy) is 1. The zero-order chi connectivity index (χ0) is 28.5. The van der Waals surface area contributed by atoms with Crippen LogP contribution in [0.3, 0.4) is 0 Å². The lowest BCUT2D eigenvalue weighted by molar-refractivity contribution is -0.138. The summed E-state index contributed by atoms with van der Waals surface area (Å²) in [4.78, 5) is 17.5. The molecule has 2 aromatic rings. The topological polar surface area (TPSA) is 102 Å². The first-order valence-corrected chi connectivity index (χ1v) is 13.5. The second-order valence-corrected chi connectivity index (χ2v) is 9.95. The van der Waals surface area contributed by atoms with Gasteiger partial charge in [0.05, 0.1) is 12.8 Å². The lowest BCUT2D eigenvalue weighted by atomic mass is 9.83. The minimum absolute atomic E-state index is 0.134. The Hall–Kier alpha value is -2.60. The molecule has 1 atom stereocenters. The first-order chi connectivity index (χ1) is 18.0. The highest BCUT2D eigenvalue weighted by molar-refractivity contribution is 7.51. The average Bonchev–Trinajstić information content (AvgIpc) is 3.19. The maximum absolute atomic E-state index is 13.0. The number of amides is 1. The number of benzene rings is 1. The molecule has 1 aliphatic carbocycles. The largest absolute Gasteiger partial charge is 0.494 e. The first kappa shape index (κ1) is 31.6. The van der Waals surface area contributed by atoms with Crippen LogP contribution in [0.5, 0.6) is 5.75 Å². The van der Waals surface area contributed by atoms with Crippen molar-refractivity contribution in [2.24, 2.45) is 11.8 Å². The van der Waals surface area contributed by atoms with Gasteiger partial charge in [0, 0.05) is 24.7 Å². The summed E-state index contributed by atoms with van der Waals surface area (Å²) < 4.78 is 62.6. The molecule has 0 spiro atoms. The first-order valence-electron chi connectivity index (χ1n) is 12.4. The van der Waals surface area contributed by atoms with Crippen molar-refractivity contribution in [1.29, 1.82) is 0 Å². The predicted octanol–water partition coefficient (Wildman–Crippen LogP) is 5.74. The summed E-state index contributed by atoms with van der Waals surface area (Å²) in [7, 11) is 1.43. The number of hydrogen-bond acceptors (Lipinski definition) is 6. The van der Waals surface area contributed by atoms with Gasteiger partial charge in [0.1, 0.15) is 22.8 Å². The van der Waals surface area contributed by atoms with Crippen LogP contribution in [0.25, 0.3) is 5.69 Å². The van der Waals surface area contributed by atoms with Crippen LogP contribution in [-0.2, 0) is 18.0 Å². The number of methoxy groups -OCH3 is 1. The van der Waals surface area contributed by atoms with Crippen molar-refractivity contribution in [1.82, 2.24) is 14.9 Å². The van der Waals surface area contributed by atoms with Gasteiger partial charge < -0.3 is 15.4 Å². The van der Waals surface area contributed by atoms with Crippen LogP contribution in [0.4, 0.5) is 18.9 Å². The summed E-state index contributed by atoms with van der Waals surface area (Å²) in [6, 6.07) is 2.89. The number of nitrogens with one attached hydrogen (secondary N) is 2. The van der Waals surface area contributed by atoms with Crippen LogP contribution in [-0.4, -0.2) is 49.7 Å². The zero-order valence-electron chi connectivity index (χ0n) is 21.9. The van der Waals surface area contributed by atoms with Crippen molar-refractivity contribution in [3.63, 3.8) is 0 Å². The van der Waals surface area contributed by atoms with Gasteiger partial charge in [-0.15, -0.1) is 0 Å². The number of alkyl halides is 3. The molecular weight excluding hydrogens is 545 g/mol. The number of aryl methyl sites for hydroxylation is 1. The number of imidazole rings is 1. The molecule has 38 heavy (non-hydrogen) atoms. The van der Waals surface area contributed by atoms with Crippen molar-refractivity contribution < 1.29 is 31.1 Å². The van der Waals surface area contributed by atoms with Crippen LogP contribution in [0.1, 0.15) is 69.2 Å². The number of hydrogen-bond donors (Lipinski definition) is 2. The quantitative estimate of drug-likeness (QED) is 0.394. The molecule has 3 rings (SSSR count). The fourth-order valence-corrected chi connectivity index (χ4v) is 4.68. The average molecular weight is 579 g/mol. The van der Waals surface area contributed by atoms with Gasteiger partial charge in [-0.25, -0.2) is 4.98 Å². The van der Waals surface area contributed by atoms with E-state index < -0.39 is 23.8 Å². The Kier molecular flexibility index (Phi) is 12.1. The third-order valence-electron chi connectivity index (χ3n) is 6.56. The summed E-state index contributed by atoms with van der Waals surface area (Å²) in [5.41, 5.74) is 0.886. The molecule has 1 aromatic heterocycles. The van der Waals surface area contributed by atoms with Crippen molar-refractivity contribution >= 4 is 34.8 Å². The molecule has 1 aromatic carbocycles. The summed E-state index contributed by atoms with van der Waals surface area (Å²) in [6.07, 6.45) is 1.46. The Bertz CT molecular complexity index is 1110. The highest BCUT2D eigenvalue weighted by Gasteiger charge is 2.36. The van der Waals surface area contributed by atoms with E-state index in [1.165, 1.54) is 32.1 Å². The molecule has 1 heterocycles. The molecule has 0 bridgehead atoms. The maximum atomic E-state index is 13.0. The predicted molar refractivity (Wildman–Crippen MR) is 141 cm³/mol. The van der Waals surface area contributed by atoms with Crippen LogP contribution in [0.15, 0.2) is 18.2 Å². The summed E-state index contributed by atoms with van der Waals surface area (Å²) >= 11 is 5.92. The van der Waals surface area contributed by atoms with E-state index in [0.717, 1.165) is 32.1 Å². The van der Waals surface area contributed by atoms with Gasteiger partial charge in [-0.3, -0.25) is 9.36 Å². The van der Waals surface area contributed by atoms with E-state index in [-0.39, 0.29) is 22.4 Å². The molecule has 1 aliphatic rings. The minimum atomic E-state index is -4.38. The summed E-state index contributed by atoms with van der Waals surface area (Å²) in [5, 5.41) is 5.57. The standard InChI is InChI=1S/C25H34ClF3N4O2.O2S/c1-5-6-21-32-22(24(34)30-14-17-9-7-15(2)8-10-17)23(26)33(21)19-12-11-18(13-20(19)35-4)31-16(3)25(27,28)29;1-3-2/h11-13,15-17,31H,5-10,14H2,1-4H3,(H,30,34);/t15?,16-,17?;/m1./s1. The smallest absolute Gasteiger partial charge is 0.408 e. The van der Waals surface area contributed by atoms with E-state index in [1.54, 1.807) is 10.6 Å². The van der Waals surface area contributed by atoms with Crippen molar-refractivity contribution in [2.75, 3.05) is 19.0 Å². The maximum Gasteiger partial charge on any atom is 0.408 e. The Morgan fingerprint density at radius 3 is 2.45 bits per heavy atom. The van der Waals surface area contributed by atoms with Gasteiger partial charge in [0.15, 0.2) is 5.69 Å². The van der Waals surface area contributed by atoms with Crippen molar-refractivity contribution in [2.45, 2.75) is 71.5 Å². The number of anilines is 1. The molecule has 0 unspecified atom stereocenters. The monoisotopic (exact) mass is 578 g/mol. The number of aromatic nitrogens is 2. The molecule has 0 aliphatic heterocycles. The zero-order valence-corrected chi connectivity index (χ0v) is 23.4. The van der Waals surface area contributed by atoms with Crippen molar-refractivity contribution in [3.05, 3.63) is 34.9 Å². The molecule has 0 saturated heterocycles. The molecule has 13 heteroatoms. The highest BCUT2D eigenvalue weighted by Crippen LogP contribution is 2.34. The Balaban J connectivity index is 0.00000161. The van der Waals surface area contributed by atoms with E-state index in [4.69, 9.17) is 24.8 Å². The molecule has 1 saturated carbocycles. The second-order valence-electron chi connectivity index (χ2n) is 9.45. The third-order valence-corrected chi connectivity index (χ3v) is 6.91. The van der Waals surface area contributed by atoms with Crippen LogP contribution in [0.2, 0.25) is 5.15 Å². The summed E-state index contributed by atoms with van der Waals surface area (Å²) in [5.74, 6) is 1.74. The SMILES string of the molecule is CCCc1nc(C(=O)NCC2CCC(C)CC2)c(Cl)n1-c1ccc(N[C@H](C)C(F)(F)F)cc1OC.O=S=O. The van der Waals surface area contributed by atoms with E-state index in [9.17, 15) is 18.0 Å². The number of nitrogens with zero attached hydrogens (tertiary/aromatic N) is 2. The highest BCUT2D eigenvalue weighted by atomic mass is 35.5. The Morgan fingerprint density at radius 1 is 1.26 bits per heavy atom. The van der Waals surface area contributed by atoms with E-state index >= 15 is 0 Å². The van der Waals surface area contributed by atoms with Gasteiger partial charge in [-0.05, 0) is 50.2 Å². The molecule has 8 nitrogen and oxygen atoms in total. The molecule has 212 valence electrons. The van der Waals surface area contributed by atoms with Crippen LogP contribution < -0.4 is 15.4 Å². The van der Waals surface area contributed by atoms with Crippen LogP contribution >= 0.6 is 11.6 Å².